The molecule has 0 radical (unpaired) electrons. The Balaban J connectivity index is 2.21. The third-order valence-corrected chi connectivity index (χ3v) is 4.25. The zero-order chi connectivity index (χ0) is 15.3. The smallest absolute Gasteiger partial charge is 0.0107 e. The van der Waals surface area contributed by atoms with E-state index in [0.29, 0.717) is 6.04 Å². The van der Waals surface area contributed by atoms with Crippen LogP contribution in [0.4, 0.5) is 0 Å². The summed E-state index contributed by atoms with van der Waals surface area (Å²) < 4.78 is 0. The highest BCUT2D eigenvalue weighted by Gasteiger charge is 2.08. The molecule has 1 nitrogen and oxygen atoms in total. The molecule has 0 saturated carbocycles. The van der Waals surface area contributed by atoms with Crippen molar-refractivity contribution in [3.63, 3.8) is 0 Å². The van der Waals surface area contributed by atoms with Crippen molar-refractivity contribution in [2.75, 3.05) is 6.54 Å². The average molecular weight is 290 g/mol. The first-order valence-electron chi connectivity index (χ1n) is 9.05. The Morgan fingerprint density at radius 3 is 2.10 bits per heavy atom. The highest BCUT2D eigenvalue weighted by atomic mass is 14.9. The number of aryl methyl sites for hydroxylation is 1. The minimum Gasteiger partial charge on any atom is -0.314 e. The molecule has 1 rings (SSSR count). The van der Waals surface area contributed by atoms with Gasteiger partial charge in [-0.3, -0.25) is 0 Å². The van der Waals surface area contributed by atoms with E-state index < -0.39 is 0 Å². The molecule has 1 aromatic rings. The van der Waals surface area contributed by atoms with Gasteiger partial charge in [0.25, 0.3) is 0 Å². The standard InChI is InChI=1S/C20H35N/c1-4-6-7-8-9-10-11-12-20(21-5-2)17-19-15-13-18(3)14-16-19/h13-16,20-21H,4-12,17H2,1-3H3. The van der Waals surface area contributed by atoms with E-state index in [4.69, 9.17) is 0 Å². The lowest BCUT2D eigenvalue weighted by Crippen LogP contribution is -2.30. The predicted octanol–water partition coefficient (Wildman–Crippen LogP) is 5.66. The van der Waals surface area contributed by atoms with Gasteiger partial charge in [0.15, 0.2) is 0 Å². The number of benzene rings is 1. The van der Waals surface area contributed by atoms with Crippen LogP contribution in [0.15, 0.2) is 24.3 Å². The van der Waals surface area contributed by atoms with E-state index >= 15 is 0 Å². The number of likely N-dealkylation sites (N-methyl/N-ethyl adjacent to an activating group) is 1. The van der Waals surface area contributed by atoms with Crippen LogP contribution < -0.4 is 5.32 Å². The lowest BCUT2D eigenvalue weighted by Gasteiger charge is -2.18. The molecule has 0 aliphatic heterocycles. The van der Waals surface area contributed by atoms with Gasteiger partial charge in [0.1, 0.15) is 0 Å². The van der Waals surface area contributed by atoms with Crippen molar-refractivity contribution in [2.45, 2.75) is 84.6 Å². The quantitative estimate of drug-likeness (QED) is 0.490. The van der Waals surface area contributed by atoms with Crippen molar-refractivity contribution in [1.82, 2.24) is 5.32 Å². The van der Waals surface area contributed by atoms with E-state index in [1.165, 1.54) is 68.9 Å². The molecule has 0 fully saturated rings. The lowest BCUT2D eigenvalue weighted by molar-refractivity contribution is 0.459. The molecule has 1 heteroatoms. The summed E-state index contributed by atoms with van der Waals surface area (Å²) in [6, 6.07) is 9.67. The van der Waals surface area contributed by atoms with Gasteiger partial charge in [-0.2, -0.15) is 0 Å². The summed E-state index contributed by atoms with van der Waals surface area (Å²) in [7, 11) is 0. The van der Waals surface area contributed by atoms with E-state index in [0.717, 1.165) is 6.54 Å². The van der Waals surface area contributed by atoms with Gasteiger partial charge < -0.3 is 5.32 Å². The average Bonchev–Trinajstić information content (AvgIpc) is 2.49. The second kappa shape index (κ2) is 11.8. The van der Waals surface area contributed by atoms with E-state index in [9.17, 15) is 0 Å². The van der Waals surface area contributed by atoms with E-state index in [-0.39, 0.29) is 0 Å². The van der Waals surface area contributed by atoms with Crippen LogP contribution in [0.2, 0.25) is 0 Å². The molecule has 0 spiro atoms. The Morgan fingerprint density at radius 1 is 0.857 bits per heavy atom. The van der Waals surface area contributed by atoms with Gasteiger partial charge in [-0.05, 0) is 31.9 Å². The van der Waals surface area contributed by atoms with Crippen molar-refractivity contribution >= 4 is 0 Å². The number of hydrogen-bond acceptors (Lipinski definition) is 1. The summed E-state index contributed by atoms with van der Waals surface area (Å²) in [4.78, 5) is 0. The molecule has 21 heavy (non-hydrogen) atoms. The van der Waals surface area contributed by atoms with Gasteiger partial charge in [-0.15, -0.1) is 0 Å². The first kappa shape index (κ1) is 18.2. The van der Waals surface area contributed by atoms with Gasteiger partial charge in [-0.1, -0.05) is 88.6 Å². The fraction of sp³-hybridized carbons (Fsp3) is 0.700. The third kappa shape index (κ3) is 8.93. The maximum Gasteiger partial charge on any atom is 0.0107 e. The zero-order valence-electron chi connectivity index (χ0n) is 14.5. The normalized spacial score (nSPS) is 12.5. The van der Waals surface area contributed by atoms with E-state index in [2.05, 4.69) is 50.4 Å². The zero-order valence-corrected chi connectivity index (χ0v) is 14.5. The van der Waals surface area contributed by atoms with Crippen LogP contribution in [0.3, 0.4) is 0 Å². The van der Waals surface area contributed by atoms with Crippen LogP contribution in [-0.4, -0.2) is 12.6 Å². The molecule has 0 saturated heterocycles. The molecular formula is C20H35N. The molecule has 1 aromatic carbocycles. The molecule has 1 atom stereocenters. The first-order valence-corrected chi connectivity index (χ1v) is 9.05. The molecular weight excluding hydrogens is 254 g/mol. The van der Waals surface area contributed by atoms with Gasteiger partial charge in [0.2, 0.25) is 0 Å². The van der Waals surface area contributed by atoms with Gasteiger partial charge in [0, 0.05) is 6.04 Å². The van der Waals surface area contributed by atoms with E-state index in [1.54, 1.807) is 0 Å². The Morgan fingerprint density at radius 2 is 1.48 bits per heavy atom. The van der Waals surface area contributed by atoms with Gasteiger partial charge >= 0.3 is 0 Å². The van der Waals surface area contributed by atoms with Gasteiger partial charge in [0.05, 0.1) is 0 Å². The van der Waals surface area contributed by atoms with Crippen molar-refractivity contribution in [3.05, 3.63) is 35.4 Å². The highest BCUT2D eigenvalue weighted by Crippen LogP contribution is 2.13. The van der Waals surface area contributed by atoms with Crippen molar-refractivity contribution in [3.8, 4) is 0 Å². The van der Waals surface area contributed by atoms with Crippen LogP contribution in [0.25, 0.3) is 0 Å². The fourth-order valence-corrected chi connectivity index (χ4v) is 2.92. The van der Waals surface area contributed by atoms with Crippen LogP contribution in [0, 0.1) is 6.92 Å². The molecule has 1 N–H and O–H groups in total. The monoisotopic (exact) mass is 289 g/mol. The molecule has 120 valence electrons. The first-order chi connectivity index (χ1) is 10.3. The molecule has 0 aliphatic carbocycles. The van der Waals surface area contributed by atoms with Crippen molar-refractivity contribution in [2.24, 2.45) is 0 Å². The Kier molecular flexibility index (Phi) is 10.2. The summed E-state index contributed by atoms with van der Waals surface area (Å²) in [6.45, 7) is 7.73. The Labute approximate surface area is 132 Å². The van der Waals surface area contributed by atoms with Crippen LogP contribution in [0.1, 0.15) is 76.3 Å². The summed E-state index contributed by atoms with van der Waals surface area (Å²) in [5.41, 5.74) is 2.82. The summed E-state index contributed by atoms with van der Waals surface area (Å²) >= 11 is 0. The fourth-order valence-electron chi connectivity index (χ4n) is 2.92. The molecule has 0 aliphatic rings. The lowest BCUT2D eigenvalue weighted by atomic mass is 9.99. The van der Waals surface area contributed by atoms with Crippen LogP contribution >= 0.6 is 0 Å². The second-order valence-corrected chi connectivity index (χ2v) is 6.35. The third-order valence-electron chi connectivity index (χ3n) is 4.25. The van der Waals surface area contributed by atoms with E-state index in [1.807, 2.05) is 0 Å². The summed E-state index contributed by atoms with van der Waals surface area (Å²) in [5, 5.41) is 3.66. The molecule has 0 amide bonds. The highest BCUT2D eigenvalue weighted by molar-refractivity contribution is 5.22. The van der Waals surface area contributed by atoms with Crippen molar-refractivity contribution in [1.29, 1.82) is 0 Å². The largest absolute Gasteiger partial charge is 0.314 e. The molecule has 0 bridgehead atoms. The predicted molar refractivity (Wildman–Crippen MR) is 95.0 cm³/mol. The maximum atomic E-state index is 3.66. The number of unbranched alkanes of at least 4 members (excludes halogenated alkanes) is 6. The van der Waals surface area contributed by atoms with Gasteiger partial charge in [-0.25, -0.2) is 0 Å². The Bertz CT molecular complexity index is 341. The molecule has 0 aromatic heterocycles. The molecule has 0 heterocycles. The number of rotatable bonds is 12. The molecule has 1 unspecified atom stereocenters. The Hall–Kier alpha value is -0.820. The van der Waals surface area contributed by atoms with Crippen LogP contribution in [0.5, 0.6) is 0 Å². The number of nitrogens with one attached hydrogen (secondary N) is 1. The minimum atomic E-state index is 0.647. The number of hydrogen-bond donors (Lipinski definition) is 1. The summed E-state index contributed by atoms with van der Waals surface area (Å²) in [6.07, 6.45) is 12.3. The minimum absolute atomic E-state index is 0.647. The SMILES string of the molecule is CCCCCCCCCC(Cc1ccc(C)cc1)NCC. The second-order valence-electron chi connectivity index (χ2n) is 6.35. The summed E-state index contributed by atoms with van der Waals surface area (Å²) in [5.74, 6) is 0. The van der Waals surface area contributed by atoms with Crippen LogP contribution in [-0.2, 0) is 6.42 Å². The topological polar surface area (TPSA) is 12.0 Å². The van der Waals surface area contributed by atoms with Crippen molar-refractivity contribution < 1.29 is 0 Å². The maximum absolute atomic E-state index is 3.66.